The minimum absolute atomic E-state index is 0.331. The van der Waals surface area contributed by atoms with Gasteiger partial charge in [-0.1, -0.05) is 23.6 Å². The van der Waals surface area contributed by atoms with Gasteiger partial charge in [-0.3, -0.25) is 0 Å². The van der Waals surface area contributed by atoms with E-state index in [1.807, 2.05) is 0 Å². The van der Waals surface area contributed by atoms with Crippen LogP contribution in [0, 0.1) is 15.5 Å². The fourth-order valence-corrected chi connectivity index (χ4v) is 0.701. The second kappa shape index (κ2) is 2.92. The fourth-order valence-electron chi connectivity index (χ4n) is 0.701. The van der Waals surface area contributed by atoms with Crippen molar-refractivity contribution in [1.82, 2.24) is 0 Å². The van der Waals surface area contributed by atoms with E-state index in [-0.39, 0.29) is 0 Å². The van der Waals surface area contributed by atoms with Gasteiger partial charge < -0.3 is 10.1 Å². The van der Waals surface area contributed by atoms with Crippen molar-refractivity contribution in [2.75, 3.05) is 0 Å². The molecule has 0 saturated heterocycles. The lowest BCUT2D eigenvalue weighted by Crippen LogP contribution is -2.10. The van der Waals surface area contributed by atoms with Crippen LogP contribution < -0.4 is 0 Å². The molecular weight excluding hydrogens is 144 g/mol. The van der Waals surface area contributed by atoms with Crippen molar-refractivity contribution >= 4 is 5.84 Å². The molecule has 0 fully saturated rings. The summed E-state index contributed by atoms with van der Waals surface area (Å²) in [6.45, 7) is 0. The number of nitrogens with one attached hydrogen (secondary N) is 1. The van der Waals surface area contributed by atoms with E-state index in [1.54, 1.807) is 18.2 Å². The minimum Gasteiger partial charge on any atom is -0.358 e. The van der Waals surface area contributed by atoms with Gasteiger partial charge >= 0.3 is 5.84 Å². The molecule has 0 saturated carbocycles. The fraction of sp³-hybridized carbons (Fsp3) is 0. The maximum atomic E-state index is 10.1. The molecular formula is C7H6N2O2. The molecule has 0 radical (unpaired) electrons. The number of rotatable bonds is 1. The highest BCUT2D eigenvalue weighted by Gasteiger charge is 2.09. The second-order valence-electron chi connectivity index (χ2n) is 1.97. The molecule has 1 N–H and O–H groups in total. The molecule has 0 aliphatic rings. The van der Waals surface area contributed by atoms with Gasteiger partial charge in [-0.2, -0.15) is 0 Å². The van der Waals surface area contributed by atoms with Crippen LogP contribution in [-0.2, 0) is 0 Å². The van der Waals surface area contributed by atoms with E-state index in [1.165, 1.54) is 12.1 Å². The lowest BCUT2D eigenvalue weighted by molar-refractivity contribution is -0.350. The van der Waals surface area contributed by atoms with Gasteiger partial charge in [0.2, 0.25) is 0 Å². The van der Waals surface area contributed by atoms with E-state index in [0.717, 1.165) is 0 Å². The van der Waals surface area contributed by atoms with Crippen molar-refractivity contribution < 1.29 is 4.92 Å². The molecule has 0 spiro atoms. The van der Waals surface area contributed by atoms with E-state index in [0.29, 0.717) is 5.56 Å². The van der Waals surface area contributed by atoms with Crippen molar-refractivity contribution in [1.29, 1.82) is 5.41 Å². The number of benzene rings is 1. The molecule has 1 aromatic carbocycles. The third-order valence-corrected chi connectivity index (χ3v) is 1.23. The van der Waals surface area contributed by atoms with Crippen LogP contribution in [0.2, 0.25) is 0 Å². The molecule has 0 aliphatic heterocycles. The zero-order chi connectivity index (χ0) is 8.27. The number of nitrogens with zero attached hydrogens (tertiary/aromatic N) is 1. The Morgan fingerprint density at radius 3 is 2.36 bits per heavy atom. The summed E-state index contributed by atoms with van der Waals surface area (Å²) in [5.74, 6) is -0.564. The van der Waals surface area contributed by atoms with Crippen LogP contribution in [0.15, 0.2) is 30.3 Å². The average molecular weight is 150 g/mol. The molecule has 11 heavy (non-hydrogen) atoms. The maximum Gasteiger partial charge on any atom is 0.362 e. The first-order chi connectivity index (χ1) is 5.22. The Kier molecular flexibility index (Phi) is 1.96. The normalized spacial score (nSPS) is 9.09. The minimum atomic E-state index is -0.713. The number of hydrogen-bond donors (Lipinski definition) is 1. The van der Waals surface area contributed by atoms with Crippen molar-refractivity contribution in [2.24, 2.45) is 0 Å². The molecule has 0 amide bonds. The SMILES string of the molecule is N=C(c1ccccc1)[N+](=O)[O-]. The monoisotopic (exact) mass is 150 g/mol. The first kappa shape index (κ1) is 7.40. The molecule has 0 aliphatic carbocycles. The Hall–Kier alpha value is -1.71. The highest BCUT2D eigenvalue weighted by molar-refractivity contribution is 5.89. The zero-order valence-electron chi connectivity index (χ0n) is 5.65. The van der Waals surface area contributed by atoms with Gasteiger partial charge in [0.05, 0.1) is 5.56 Å². The van der Waals surface area contributed by atoms with Gasteiger partial charge in [0.25, 0.3) is 0 Å². The summed E-state index contributed by atoms with van der Waals surface area (Å²) < 4.78 is 0. The van der Waals surface area contributed by atoms with E-state index in [9.17, 15) is 10.1 Å². The molecule has 1 rings (SSSR count). The number of amidine groups is 1. The largest absolute Gasteiger partial charge is 0.362 e. The van der Waals surface area contributed by atoms with Gasteiger partial charge in [0, 0.05) is 0 Å². The van der Waals surface area contributed by atoms with Crippen molar-refractivity contribution in [2.45, 2.75) is 0 Å². The summed E-state index contributed by atoms with van der Waals surface area (Å²) in [6, 6.07) is 8.13. The summed E-state index contributed by atoms with van der Waals surface area (Å²) in [5, 5.41) is 17.1. The third-order valence-electron chi connectivity index (χ3n) is 1.23. The van der Waals surface area contributed by atoms with Gasteiger partial charge in [-0.15, -0.1) is 0 Å². The third kappa shape index (κ3) is 1.61. The van der Waals surface area contributed by atoms with E-state index >= 15 is 0 Å². The van der Waals surface area contributed by atoms with Crippen molar-refractivity contribution in [3.63, 3.8) is 0 Å². The van der Waals surface area contributed by atoms with E-state index in [2.05, 4.69) is 0 Å². The zero-order valence-corrected chi connectivity index (χ0v) is 5.65. The number of hydrogen-bond acceptors (Lipinski definition) is 3. The van der Waals surface area contributed by atoms with Crippen LogP contribution in [0.3, 0.4) is 0 Å². The average Bonchev–Trinajstić information content (AvgIpc) is 2.05. The quantitative estimate of drug-likeness (QED) is 0.283. The Labute approximate surface area is 63.1 Å². The van der Waals surface area contributed by atoms with Gasteiger partial charge in [-0.25, -0.2) is 0 Å². The van der Waals surface area contributed by atoms with Crippen LogP contribution in [0.1, 0.15) is 5.56 Å². The van der Waals surface area contributed by atoms with Crippen molar-refractivity contribution in [3.8, 4) is 0 Å². The van der Waals surface area contributed by atoms with Crippen LogP contribution in [0.25, 0.3) is 0 Å². The molecule has 0 bridgehead atoms. The Morgan fingerprint density at radius 1 is 1.36 bits per heavy atom. The summed E-state index contributed by atoms with van der Waals surface area (Å²) >= 11 is 0. The number of nitro groups is 1. The first-order valence-electron chi connectivity index (χ1n) is 3.00. The van der Waals surface area contributed by atoms with E-state index in [4.69, 9.17) is 5.41 Å². The molecule has 4 heteroatoms. The summed E-state index contributed by atoms with van der Waals surface area (Å²) in [5.41, 5.74) is 0.331. The first-order valence-corrected chi connectivity index (χ1v) is 3.00. The van der Waals surface area contributed by atoms with Crippen molar-refractivity contribution in [3.05, 3.63) is 46.0 Å². The smallest absolute Gasteiger partial charge is 0.358 e. The molecule has 56 valence electrons. The summed E-state index contributed by atoms with van der Waals surface area (Å²) in [7, 11) is 0. The molecule has 0 heterocycles. The Morgan fingerprint density at radius 2 is 1.91 bits per heavy atom. The predicted octanol–water partition coefficient (Wildman–Crippen LogP) is 1.29. The standard InChI is InChI=1S/C7H6N2O2/c8-7(9(10)11)6-4-2-1-3-5-6/h1-5,8H. The lowest BCUT2D eigenvalue weighted by atomic mass is 10.2. The van der Waals surface area contributed by atoms with Crippen LogP contribution in [-0.4, -0.2) is 10.8 Å². The van der Waals surface area contributed by atoms with Crippen LogP contribution >= 0.6 is 0 Å². The molecule has 4 nitrogen and oxygen atoms in total. The molecule has 0 atom stereocenters. The lowest BCUT2D eigenvalue weighted by Gasteiger charge is -1.94. The highest BCUT2D eigenvalue weighted by Crippen LogP contribution is 1.99. The summed E-state index contributed by atoms with van der Waals surface area (Å²) in [4.78, 5) is 9.37. The highest BCUT2D eigenvalue weighted by atomic mass is 16.6. The second-order valence-corrected chi connectivity index (χ2v) is 1.97. The predicted molar refractivity (Wildman–Crippen MR) is 40.3 cm³/mol. The maximum absolute atomic E-state index is 10.1. The molecule has 1 aromatic rings. The van der Waals surface area contributed by atoms with Crippen LogP contribution in [0.5, 0.6) is 0 Å². The van der Waals surface area contributed by atoms with Gasteiger partial charge in [-0.05, 0) is 17.1 Å². The Balaban J connectivity index is 2.95. The van der Waals surface area contributed by atoms with Gasteiger partial charge in [0.1, 0.15) is 0 Å². The van der Waals surface area contributed by atoms with E-state index < -0.39 is 10.8 Å². The van der Waals surface area contributed by atoms with Gasteiger partial charge in [0.15, 0.2) is 0 Å². The molecule has 0 unspecified atom stereocenters. The summed E-state index contributed by atoms with van der Waals surface area (Å²) in [6.07, 6.45) is 0. The Bertz CT molecular complexity index is 282. The van der Waals surface area contributed by atoms with Crippen LogP contribution in [0.4, 0.5) is 0 Å². The topological polar surface area (TPSA) is 67.0 Å². The molecule has 0 aromatic heterocycles.